The molecule has 0 atom stereocenters. The molecule has 1 aliphatic carbocycles. The standard InChI is InChI=1S/C16H13NOS2/c18-15-11(8-19-14-4-2-1-3-13(14)15)7-12-9-20-16(17-12)10-5-6-10/h1-4,7,9-10H,5-6,8H2. The molecule has 0 saturated heterocycles. The summed E-state index contributed by atoms with van der Waals surface area (Å²) in [7, 11) is 0. The van der Waals surface area contributed by atoms with Crippen LogP contribution in [0.25, 0.3) is 6.08 Å². The number of benzene rings is 1. The zero-order chi connectivity index (χ0) is 13.5. The van der Waals surface area contributed by atoms with E-state index < -0.39 is 0 Å². The molecule has 2 aromatic rings. The highest BCUT2D eigenvalue weighted by Gasteiger charge is 2.27. The van der Waals surface area contributed by atoms with Crippen molar-refractivity contribution >= 4 is 35.0 Å². The van der Waals surface area contributed by atoms with E-state index in [0.29, 0.717) is 5.92 Å². The summed E-state index contributed by atoms with van der Waals surface area (Å²) in [6, 6.07) is 7.83. The van der Waals surface area contributed by atoms with Gasteiger partial charge in [0, 0.05) is 33.1 Å². The van der Waals surface area contributed by atoms with Gasteiger partial charge in [-0.05, 0) is 31.1 Å². The van der Waals surface area contributed by atoms with E-state index in [0.717, 1.165) is 27.5 Å². The number of rotatable bonds is 2. The van der Waals surface area contributed by atoms with Crippen molar-refractivity contribution < 1.29 is 4.79 Å². The van der Waals surface area contributed by atoms with Gasteiger partial charge in [-0.25, -0.2) is 4.98 Å². The van der Waals surface area contributed by atoms with E-state index in [1.807, 2.05) is 30.3 Å². The summed E-state index contributed by atoms with van der Waals surface area (Å²) in [4.78, 5) is 18.2. The SMILES string of the molecule is O=C1C(=Cc2csc(C3CC3)n2)CSc2ccccc21. The van der Waals surface area contributed by atoms with Crippen LogP contribution in [0.3, 0.4) is 0 Å². The van der Waals surface area contributed by atoms with Gasteiger partial charge in [0.2, 0.25) is 0 Å². The second-order valence-corrected chi connectivity index (χ2v) is 7.08. The van der Waals surface area contributed by atoms with Gasteiger partial charge < -0.3 is 0 Å². The Labute approximate surface area is 125 Å². The molecule has 0 bridgehead atoms. The molecule has 0 radical (unpaired) electrons. The molecule has 1 aromatic heterocycles. The van der Waals surface area contributed by atoms with Gasteiger partial charge in [0.25, 0.3) is 0 Å². The molecule has 2 aliphatic rings. The van der Waals surface area contributed by atoms with Crippen LogP contribution in [0.15, 0.2) is 40.1 Å². The lowest BCUT2D eigenvalue weighted by Crippen LogP contribution is -2.12. The van der Waals surface area contributed by atoms with Gasteiger partial charge in [-0.2, -0.15) is 0 Å². The van der Waals surface area contributed by atoms with Crippen molar-refractivity contribution in [3.05, 3.63) is 51.5 Å². The van der Waals surface area contributed by atoms with Crippen molar-refractivity contribution in [1.29, 1.82) is 0 Å². The summed E-state index contributed by atoms with van der Waals surface area (Å²) in [5.41, 5.74) is 2.63. The third kappa shape index (κ3) is 2.23. The first-order valence-corrected chi connectivity index (χ1v) is 8.60. The quantitative estimate of drug-likeness (QED) is 0.770. The fourth-order valence-corrected chi connectivity index (χ4v) is 4.31. The first-order chi connectivity index (χ1) is 9.81. The number of carbonyl (C=O) groups excluding carboxylic acids is 1. The van der Waals surface area contributed by atoms with Crippen LogP contribution in [0.1, 0.15) is 39.8 Å². The van der Waals surface area contributed by atoms with Gasteiger partial charge in [0.05, 0.1) is 10.7 Å². The zero-order valence-corrected chi connectivity index (χ0v) is 12.5. The molecule has 4 heteroatoms. The summed E-state index contributed by atoms with van der Waals surface area (Å²) in [5, 5.41) is 3.30. The van der Waals surface area contributed by atoms with Crippen molar-refractivity contribution in [1.82, 2.24) is 4.98 Å². The van der Waals surface area contributed by atoms with E-state index in [1.54, 1.807) is 23.1 Å². The summed E-state index contributed by atoms with van der Waals surface area (Å²) in [6.07, 6.45) is 4.50. The van der Waals surface area contributed by atoms with Crippen molar-refractivity contribution in [2.75, 3.05) is 5.75 Å². The summed E-state index contributed by atoms with van der Waals surface area (Å²) in [5.74, 6) is 1.58. The van der Waals surface area contributed by atoms with Crippen LogP contribution in [0.5, 0.6) is 0 Å². The molecule has 4 rings (SSSR count). The molecule has 2 nitrogen and oxygen atoms in total. The van der Waals surface area contributed by atoms with Crippen LogP contribution in [0, 0.1) is 0 Å². The Morgan fingerprint density at radius 2 is 2.10 bits per heavy atom. The fraction of sp³-hybridized carbons (Fsp3) is 0.250. The molecule has 1 aromatic carbocycles. The highest BCUT2D eigenvalue weighted by Crippen LogP contribution is 2.41. The maximum Gasteiger partial charge on any atom is 0.191 e. The van der Waals surface area contributed by atoms with E-state index in [2.05, 4.69) is 10.4 Å². The lowest BCUT2D eigenvalue weighted by atomic mass is 10.0. The molecule has 100 valence electrons. The number of aromatic nitrogens is 1. The second-order valence-electron chi connectivity index (χ2n) is 5.17. The molecule has 0 amide bonds. The molecule has 0 N–H and O–H groups in total. The van der Waals surface area contributed by atoms with Gasteiger partial charge in [0.15, 0.2) is 5.78 Å². The van der Waals surface area contributed by atoms with Crippen molar-refractivity contribution in [3.63, 3.8) is 0 Å². The molecular weight excluding hydrogens is 286 g/mol. The first kappa shape index (κ1) is 12.4. The molecule has 2 heterocycles. The Kier molecular flexibility index (Phi) is 3.00. The van der Waals surface area contributed by atoms with Gasteiger partial charge in [0.1, 0.15) is 0 Å². The monoisotopic (exact) mass is 299 g/mol. The molecule has 1 saturated carbocycles. The summed E-state index contributed by atoms with van der Waals surface area (Å²) >= 11 is 3.45. The number of carbonyl (C=O) groups is 1. The number of hydrogen-bond acceptors (Lipinski definition) is 4. The van der Waals surface area contributed by atoms with Crippen LogP contribution >= 0.6 is 23.1 Å². The molecule has 20 heavy (non-hydrogen) atoms. The van der Waals surface area contributed by atoms with Crippen LogP contribution in [-0.4, -0.2) is 16.5 Å². The third-order valence-electron chi connectivity index (χ3n) is 3.59. The Balaban J connectivity index is 1.65. The highest BCUT2D eigenvalue weighted by molar-refractivity contribution is 7.99. The number of thiazole rings is 1. The second kappa shape index (κ2) is 4.86. The highest BCUT2D eigenvalue weighted by atomic mass is 32.2. The topological polar surface area (TPSA) is 30.0 Å². The predicted octanol–water partition coefficient (Wildman–Crippen LogP) is 4.39. The predicted molar refractivity (Wildman–Crippen MR) is 83.6 cm³/mol. The normalized spacial score (nSPS) is 20.2. The van der Waals surface area contributed by atoms with E-state index in [1.165, 1.54) is 17.8 Å². The average molecular weight is 299 g/mol. The van der Waals surface area contributed by atoms with E-state index in [9.17, 15) is 4.79 Å². The lowest BCUT2D eigenvalue weighted by molar-refractivity contribution is 0.103. The third-order valence-corrected chi connectivity index (χ3v) is 5.74. The minimum atomic E-state index is 0.153. The first-order valence-electron chi connectivity index (χ1n) is 6.74. The minimum absolute atomic E-state index is 0.153. The van der Waals surface area contributed by atoms with Crippen molar-refractivity contribution in [2.24, 2.45) is 0 Å². The largest absolute Gasteiger partial charge is 0.289 e. The summed E-state index contributed by atoms with van der Waals surface area (Å²) < 4.78 is 0. The molecule has 0 unspecified atom stereocenters. The Morgan fingerprint density at radius 1 is 1.25 bits per heavy atom. The van der Waals surface area contributed by atoms with Gasteiger partial charge in [-0.15, -0.1) is 23.1 Å². The van der Waals surface area contributed by atoms with E-state index >= 15 is 0 Å². The lowest BCUT2D eigenvalue weighted by Gasteiger charge is -2.16. The van der Waals surface area contributed by atoms with Crippen LogP contribution in [-0.2, 0) is 0 Å². The maximum absolute atomic E-state index is 12.5. The Hall–Kier alpha value is -1.39. The number of hydrogen-bond donors (Lipinski definition) is 0. The van der Waals surface area contributed by atoms with Gasteiger partial charge in [-0.1, -0.05) is 12.1 Å². The van der Waals surface area contributed by atoms with E-state index in [-0.39, 0.29) is 5.78 Å². The van der Waals surface area contributed by atoms with Crippen LogP contribution in [0.4, 0.5) is 0 Å². The average Bonchev–Trinajstić information content (AvgIpc) is 3.23. The molecule has 1 fully saturated rings. The Bertz CT molecular complexity index is 713. The van der Waals surface area contributed by atoms with Crippen molar-refractivity contribution in [2.45, 2.75) is 23.7 Å². The number of Topliss-reactive ketones (excluding diaryl/α,β-unsaturated/α-hetero) is 1. The fourth-order valence-electron chi connectivity index (χ4n) is 2.34. The molecular formula is C16H13NOS2. The van der Waals surface area contributed by atoms with Crippen LogP contribution < -0.4 is 0 Å². The Morgan fingerprint density at radius 3 is 2.95 bits per heavy atom. The number of ketones is 1. The van der Waals surface area contributed by atoms with Gasteiger partial charge >= 0.3 is 0 Å². The van der Waals surface area contributed by atoms with Crippen molar-refractivity contribution in [3.8, 4) is 0 Å². The maximum atomic E-state index is 12.5. The minimum Gasteiger partial charge on any atom is -0.289 e. The summed E-state index contributed by atoms with van der Waals surface area (Å²) in [6.45, 7) is 0. The van der Waals surface area contributed by atoms with Gasteiger partial charge in [-0.3, -0.25) is 4.79 Å². The zero-order valence-electron chi connectivity index (χ0n) is 10.8. The molecule has 0 spiro atoms. The number of nitrogens with zero attached hydrogens (tertiary/aromatic N) is 1. The smallest absolute Gasteiger partial charge is 0.191 e. The number of fused-ring (bicyclic) bond motifs is 1. The number of thioether (sulfide) groups is 1. The van der Waals surface area contributed by atoms with Crippen LogP contribution in [0.2, 0.25) is 0 Å². The molecule has 1 aliphatic heterocycles. The van der Waals surface area contributed by atoms with E-state index in [4.69, 9.17) is 0 Å².